The van der Waals surface area contributed by atoms with Crippen LogP contribution in [0.2, 0.25) is 0 Å². The van der Waals surface area contributed by atoms with Crippen LogP contribution in [0.1, 0.15) is 19.4 Å². The minimum atomic E-state index is -3.59. The number of methoxy groups -OCH3 is 1. The molecule has 1 heterocycles. The Morgan fingerprint density at radius 1 is 1.39 bits per heavy atom. The van der Waals surface area contributed by atoms with Gasteiger partial charge >= 0.3 is 0 Å². The first-order valence-electron chi connectivity index (χ1n) is 5.71. The number of nitrogens with one attached hydrogen (secondary N) is 1. The van der Waals surface area contributed by atoms with E-state index >= 15 is 0 Å². The second-order valence-electron chi connectivity index (χ2n) is 4.55. The van der Waals surface area contributed by atoms with Crippen molar-refractivity contribution in [3.63, 3.8) is 0 Å². The standard InChI is InChI=1S/C12H16N2O3S/c1-8(2)7-13-12-10-5-4-9(17-3)6-11(10)18(15,16)14-12/h4-6,8H,7H2,1-3H3,(H,13,14). The second-order valence-corrected chi connectivity index (χ2v) is 6.12. The van der Waals surface area contributed by atoms with E-state index < -0.39 is 10.0 Å². The maximum Gasteiger partial charge on any atom is 0.285 e. The van der Waals surface area contributed by atoms with Crippen LogP contribution in [-0.4, -0.2) is 27.9 Å². The molecular formula is C12H16N2O3S. The molecule has 0 saturated heterocycles. The summed E-state index contributed by atoms with van der Waals surface area (Å²) in [6.07, 6.45) is 0. The van der Waals surface area contributed by atoms with Crippen molar-refractivity contribution in [3.05, 3.63) is 23.8 Å². The van der Waals surface area contributed by atoms with Crippen molar-refractivity contribution in [2.24, 2.45) is 10.3 Å². The largest absolute Gasteiger partial charge is 0.497 e. The number of amidine groups is 1. The Bertz CT molecular complexity index is 591. The minimum absolute atomic E-state index is 0.202. The molecule has 5 nitrogen and oxygen atoms in total. The molecule has 0 amide bonds. The molecule has 1 aliphatic rings. The fraction of sp³-hybridized carbons (Fsp3) is 0.417. The molecule has 2 rings (SSSR count). The van der Waals surface area contributed by atoms with Crippen molar-refractivity contribution >= 4 is 15.9 Å². The van der Waals surface area contributed by atoms with Crippen molar-refractivity contribution in [3.8, 4) is 5.75 Å². The third kappa shape index (κ3) is 2.33. The van der Waals surface area contributed by atoms with E-state index in [1.54, 1.807) is 12.1 Å². The van der Waals surface area contributed by atoms with Gasteiger partial charge in [-0.2, -0.15) is 8.42 Å². The summed E-state index contributed by atoms with van der Waals surface area (Å²) < 4.78 is 32.6. The van der Waals surface area contributed by atoms with Crippen LogP contribution in [0.15, 0.2) is 27.5 Å². The molecule has 0 bridgehead atoms. The highest BCUT2D eigenvalue weighted by molar-refractivity contribution is 7.90. The van der Waals surface area contributed by atoms with Crippen LogP contribution < -0.4 is 10.1 Å². The van der Waals surface area contributed by atoms with E-state index in [1.807, 2.05) is 13.8 Å². The zero-order valence-corrected chi connectivity index (χ0v) is 11.4. The summed E-state index contributed by atoms with van der Waals surface area (Å²) in [6, 6.07) is 4.94. The Labute approximate surface area is 107 Å². The van der Waals surface area contributed by atoms with Crippen LogP contribution in [0.4, 0.5) is 0 Å². The zero-order valence-electron chi connectivity index (χ0n) is 10.6. The molecule has 0 spiro atoms. The van der Waals surface area contributed by atoms with Crippen molar-refractivity contribution in [1.29, 1.82) is 0 Å². The Hall–Kier alpha value is -1.56. The molecule has 98 valence electrons. The SMILES string of the molecule is COc1ccc2c(c1)S(=O)(=O)N=C2NCC(C)C. The first-order valence-corrected chi connectivity index (χ1v) is 7.15. The number of nitrogens with zero attached hydrogens (tertiary/aromatic N) is 1. The van der Waals surface area contributed by atoms with E-state index in [-0.39, 0.29) is 4.90 Å². The third-order valence-electron chi connectivity index (χ3n) is 2.61. The third-order valence-corrected chi connectivity index (χ3v) is 3.93. The number of benzene rings is 1. The quantitative estimate of drug-likeness (QED) is 0.899. The molecule has 0 fully saturated rings. The van der Waals surface area contributed by atoms with Gasteiger partial charge in [0.05, 0.1) is 7.11 Å². The number of rotatable bonds is 3. The Morgan fingerprint density at radius 3 is 2.72 bits per heavy atom. The highest BCUT2D eigenvalue weighted by Gasteiger charge is 2.29. The summed E-state index contributed by atoms with van der Waals surface area (Å²) in [7, 11) is -2.09. The zero-order chi connectivity index (χ0) is 13.3. The van der Waals surface area contributed by atoms with Gasteiger partial charge in [0.2, 0.25) is 0 Å². The smallest absolute Gasteiger partial charge is 0.285 e. The van der Waals surface area contributed by atoms with Crippen molar-refractivity contribution in [1.82, 2.24) is 5.32 Å². The molecule has 0 aliphatic carbocycles. The minimum Gasteiger partial charge on any atom is -0.497 e. The molecule has 0 unspecified atom stereocenters. The van der Waals surface area contributed by atoms with Gasteiger partial charge in [-0.05, 0) is 18.1 Å². The first kappa shape index (κ1) is 12.9. The van der Waals surface area contributed by atoms with E-state index in [2.05, 4.69) is 9.71 Å². The van der Waals surface area contributed by atoms with E-state index in [1.165, 1.54) is 13.2 Å². The maximum absolute atomic E-state index is 11.9. The highest BCUT2D eigenvalue weighted by atomic mass is 32.2. The van der Waals surface area contributed by atoms with Crippen molar-refractivity contribution < 1.29 is 13.2 Å². The lowest BCUT2D eigenvalue weighted by Gasteiger charge is -2.09. The summed E-state index contributed by atoms with van der Waals surface area (Å²) in [4.78, 5) is 0.202. The molecule has 0 saturated carbocycles. The van der Waals surface area contributed by atoms with Crippen LogP contribution in [-0.2, 0) is 10.0 Å². The molecular weight excluding hydrogens is 252 g/mol. The normalized spacial score (nSPS) is 16.3. The lowest BCUT2D eigenvalue weighted by atomic mass is 10.1. The molecule has 0 atom stereocenters. The lowest BCUT2D eigenvalue weighted by Crippen LogP contribution is -2.27. The monoisotopic (exact) mass is 268 g/mol. The summed E-state index contributed by atoms with van der Waals surface area (Å²) in [5.41, 5.74) is 0.608. The second kappa shape index (κ2) is 4.61. The van der Waals surface area contributed by atoms with Gasteiger partial charge in [0.25, 0.3) is 10.0 Å². The van der Waals surface area contributed by atoms with E-state index in [0.717, 1.165) is 0 Å². The average Bonchev–Trinajstić information content (AvgIpc) is 2.58. The summed E-state index contributed by atoms with van der Waals surface area (Å²) >= 11 is 0. The van der Waals surface area contributed by atoms with E-state index in [0.29, 0.717) is 29.6 Å². The average molecular weight is 268 g/mol. The number of ether oxygens (including phenoxy) is 1. The molecule has 6 heteroatoms. The Kier molecular flexibility index (Phi) is 3.30. The molecule has 1 aromatic rings. The lowest BCUT2D eigenvalue weighted by molar-refractivity contribution is 0.413. The van der Waals surface area contributed by atoms with Crippen LogP contribution in [0, 0.1) is 5.92 Å². The van der Waals surface area contributed by atoms with Gasteiger partial charge in [-0.15, -0.1) is 4.40 Å². The van der Waals surface area contributed by atoms with Crippen molar-refractivity contribution in [2.75, 3.05) is 13.7 Å². The van der Waals surface area contributed by atoms with Gasteiger partial charge in [0.15, 0.2) is 0 Å². The highest BCUT2D eigenvalue weighted by Crippen LogP contribution is 2.29. The van der Waals surface area contributed by atoms with E-state index in [9.17, 15) is 8.42 Å². The topological polar surface area (TPSA) is 67.8 Å². The molecule has 1 aliphatic heterocycles. The first-order chi connectivity index (χ1) is 8.44. The van der Waals surface area contributed by atoms with Gasteiger partial charge in [0, 0.05) is 18.2 Å². The van der Waals surface area contributed by atoms with E-state index in [4.69, 9.17) is 4.74 Å². The molecule has 1 N–H and O–H groups in total. The fourth-order valence-electron chi connectivity index (χ4n) is 1.69. The fourth-order valence-corrected chi connectivity index (χ4v) is 2.89. The van der Waals surface area contributed by atoms with Gasteiger partial charge in [-0.1, -0.05) is 13.8 Å². The maximum atomic E-state index is 11.9. The Morgan fingerprint density at radius 2 is 2.11 bits per heavy atom. The van der Waals surface area contributed by atoms with Gasteiger partial charge in [-0.25, -0.2) is 0 Å². The predicted molar refractivity (Wildman–Crippen MR) is 69.6 cm³/mol. The molecule has 0 aromatic heterocycles. The van der Waals surface area contributed by atoms with Gasteiger partial charge in [-0.3, -0.25) is 0 Å². The van der Waals surface area contributed by atoms with Crippen LogP contribution >= 0.6 is 0 Å². The molecule has 18 heavy (non-hydrogen) atoms. The summed E-state index contributed by atoms with van der Waals surface area (Å²) in [5.74, 6) is 1.34. The van der Waals surface area contributed by atoms with Crippen LogP contribution in [0.25, 0.3) is 0 Å². The number of hydrogen-bond acceptors (Lipinski definition) is 4. The van der Waals surface area contributed by atoms with Crippen molar-refractivity contribution in [2.45, 2.75) is 18.7 Å². The number of hydrogen-bond donors (Lipinski definition) is 1. The van der Waals surface area contributed by atoms with Gasteiger partial charge < -0.3 is 10.1 Å². The molecule has 0 radical (unpaired) electrons. The predicted octanol–water partition coefficient (Wildman–Crippen LogP) is 1.39. The number of fused-ring (bicyclic) bond motifs is 1. The number of sulfonamides is 1. The molecule has 1 aromatic carbocycles. The van der Waals surface area contributed by atoms with Crippen LogP contribution in [0.5, 0.6) is 5.75 Å². The Balaban J connectivity index is 2.39. The summed E-state index contributed by atoms with van der Waals surface area (Å²) in [5, 5.41) is 3.06. The van der Waals surface area contributed by atoms with Crippen LogP contribution in [0.3, 0.4) is 0 Å². The van der Waals surface area contributed by atoms with Gasteiger partial charge in [0.1, 0.15) is 16.5 Å². The summed E-state index contributed by atoms with van der Waals surface area (Å²) in [6.45, 7) is 4.78.